The maximum atomic E-state index is 11.5. The average Bonchev–Trinajstić information content (AvgIpc) is 2.68. The van der Waals surface area contributed by atoms with Crippen molar-refractivity contribution in [2.24, 2.45) is 0 Å². The van der Waals surface area contributed by atoms with Gasteiger partial charge < -0.3 is 15.4 Å². The van der Waals surface area contributed by atoms with Gasteiger partial charge in [0.15, 0.2) is 5.82 Å². The first-order valence-corrected chi connectivity index (χ1v) is 8.88. The lowest BCUT2D eigenvalue weighted by Gasteiger charge is -2.19. The van der Waals surface area contributed by atoms with E-state index in [0.29, 0.717) is 17.3 Å². The molecule has 0 aliphatic rings. The summed E-state index contributed by atoms with van der Waals surface area (Å²) in [4.78, 5) is 15.9. The Balaban J connectivity index is 1.69. The molecule has 0 fully saturated rings. The van der Waals surface area contributed by atoms with Gasteiger partial charge >= 0.3 is 5.97 Å². The Morgan fingerprint density at radius 2 is 1.54 bits per heavy atom. The van der Waals surface area contributed by atoms with Crippen molar-refractivity contribution in [3.05, 3.63) is 65.9 Å². The van der Waals surface area contributed by atoms with E-state index in [9.17, 15) is 4.79 Å². The summed E-state index contributed by atoms with van der Waals surface area (Å²) >= 11 is 0. The summed E-state index contributed by atoms with van der Waals surface area (Å²) in [6.07, 6.45) is 1.53. The van der Waals surface area contributed by atoms with E-state index in [1.54, 1.807) is 24.3 Å². The van der Waals surface area contributed by atoms with Crippen molar-refractivity contribution in [1.82, 2.24) is 15.2 Å². The Bertz CT molecular complexity index is 948. The first-order chi connectivity index (χ1) is 13.3. The van der Waals surface area contributed by atoms with Crippen molar-refractivity contribution < 1.29 is 9.53 Å². The van der Waals surface area contributed by atoms with Gasteiger partial charge in [-0.25, -0.2) is 4.79 Å². The number of carbonyl (C=O) groups is 1. The highest BCUT2D eigenvalue weighted by molar-refractivity contribution is 5.89. The predicted molar refractivity (Wildman–Crippen MR) is 109 cm³/mol. The van der Waals surface area contributed by atoms with Gasteiger partial charge in [0.1, 0.15) is 0 Å². The van der Waals surface area contributed by atoms with Gasteiger partial charge in [0.25, 0.3) is 0 Å². The Kier molecular flexibility index (Phi) is 5.54. The summed E-state index contributed by atoms with van der Waals surface area (Å²) in [6.45, 7) is 6.53. The number of anilines is 4. The number of nitrogens with zero attached hydrogens (tertiary/aromatic N) is 3. The monoisotopic (exact) mass is 377 g/mol. The van der Waals surface area contributed by atoms with Crippen LogP contribution in [0.15, 0.2) is 54.7 Å². The molecular weight excluding hydrogens is 354 g/mol. The van der Waals surface area contributed by atoms with Crippen LogP contribution >= 0.6 is 0 Å². The van der Waals surface area contributed by atoms with Crippen LogP contribution in [0.1, 0.15) is 36.7 Å². The third-order valence-corrected chi connectivity index (χ3v) is 4.14. The number of rotatable bonds is 5. The van der Waals surface area contributed by atoms with Crippen molar-refractivity contribution >= 4 is 29.1 Å². The van der Waals surface area contributed by atoms with E-state index < -0.39 is 0 Å². The third kappa shape index (κ3) is 4.82. The second kappa shape index (κ2) is 8.04. The maximum absolute atomic E-state index is 11.5. The molecule has 2 N–H and O–H groups in total. The summed E-state index contributed by atoms with van der Waals surface area (Å²) < 4.78 is 4.69. The first-order valence-electron chi connectivity index (χ1n) is 8.88. The van der Waals surface area contributed by atoms with Gasteiger partial charge in [-0.2, -0.15) is 10.1 Å². The second-order valence-corrected chi connectivity index (χ2v) is 7.31. The quantitative estimate of drug-likeness (QED) is 0.635. The van der Waals surface area contributed by atoms with Gasteiger partial charge in [0, 0.05) is 11.4 Å². The third-order valence-electron chi connectivity index (χ3n) is 4.14. The molecular formula is C21H23N5O2. The molecule has 1 heterocycles. The van der Waals surface area contributed by atoms with E-state index in [1.165, 1.54) is 18.9 Å². The number of benzene rings is 2. The molecule has 0 atom stereocenters. The minimum atomic E-state index is -0.376. The molecule has 0 saturated heterocycles. The maximum Gasteiger partial charge on any atom is 0.337 e. The molecule has 0 amide bonds. The Labute approximate surface area is 164 Å². The SMILES string of the molecule is COC(=O)c1ccc(Nc2cnnc(Nc3ccc(C(C)(C)C)cc3)n2)cc1. The van der Waals surface area contributed by atoms with Gasteiger partial charge in [0.2, 0.25) is 5.95 Å². The topological polar surface area (TPSA) is 89.0 Å². The highest BCUT2D eigenvalue weighted by Gasteiger charge is 2.13. The summed E-state index contributed by atoms with van der Waals surface area (Å²) in [6, 6.07) is 15.1. The Morgan fingerprint density at radius 1 is 0.929 bits per heavy atom. The van der Waals surface area contributed by atoms with Crippen molar-refractivity contribution in [2.75, 3.05) is 17.7 Å². The zero-order valence-electron chi connectivity index (χ0n) is 16.4. The predicted octanol–water partition coefficient (Wildman–Crippen LogP) is 4.44. The molecule has 3 aromatic rings. The molecule has 7 heteroatoms. The minimum absolute atomic E-state index is 0.101. The molecule has 0 aliphatic carbocycles. The van der Waals surface area contributed by atoms with Crippen LogP contribution in [0, 0.1) is 0 Å². The van der Waals surface area contributed by atoms with E-state index >= 15 is 0 Å². The zero-order valence-corrected chi connectivity index (χ0v) is 16.4. The molecule has 2 aromatic carbocycles. The lowest BCUT2D eigenvalue weighted by Crippen LogP contribution is -2.10. The number of esters is 1. The van der Waals surface area contributed by atoms with Crippen LogP contribution in [0.3, 0.4) is 0 Å². The van der Waals surface area contributed by atoms with Crippen molar-refractivity contribution in [2.45, 2.75) is 26.2 Å². The molecule has 0 spiro atoms. The minimum Gasteiger partial charge on any atom is -0.465 e. The first kappa shape index (κ1) is 19.3. The van der Waals surface area contributed by atoms with E-state index in [2.05, 4.69) is 58.7 Å². The molecule has 1 aromatic heterocycles. The smallest absolute Gasteiger partial charge is 0.337 e. The lowest BCUT2D eigenvalue weighted by atomic mass is 9.87. The molecule has 28 heavy (non-hydrogen) atoms. The van der Waals surface area contributed by atoms with Crippen LogP contribution < -0.4 is 10.6 Å². The molecule has 7 nitrogen and oxygen atoms in total. The highest BCUT2D eigenvalue weighted by atomic mass is 16.5. The lowest BCUT2D eigenvalue weighted by molar-refractivity contribution is 0.0601. The standard InChI is InChI=1S/C21H23N5O2/c1-21(2,3)15-7-11-17(12-8-15)24-20-25-18(13-22-26-20)23-16-9-5-14(6-10-16)19(27)28-4/h5-13H,1-4H3,(H2,23,24,25,26). The fraction of sp³-hybridized carbons (Fsp3) is 0.238. The van der Waals surface area contributed by atoms with E-state index in [-0.39, 0.29) is 11.4 Å². The molecule has 144 valence electrons. The number of hydrogen-bond donors (Lipinski definition) is 2. The summed E-state index contributed by atoms with van der Waals surface area (Å²) in [7, 11) is 1.35. The fourth-order valence-corrected chi connectivity index (χ4v) is 2.55. The molecule has 0 bridgehead atoms. The normalized spacial score (nSPS) is 11.0. The van der Waals surface area contributed by atoms with Gasteiger partial charge in [0.05, 0.1) is 18.9 Å². The summed E-state index contributed by atoms with van der Waals surface area (Å²) in [5.74, 6) is 0.550. The average molecular weight is 377 g/mol. The van der Waals surface area contributed by atoms with E-state index in [4.69, 9.17) is 4.74 Å². The zero-order chi connectivity index (χ0) is 20.1. The number of hydrogen-bond acceptors (Lipinski definition) is 7. The van der Waals surface area contributed by atoms with Crippen molar-refractivity contribution in [1.29, 1.82) is 0 Å². The molecule has 0 aliphatic heterocycles. The number of ether oxygens (including phenoxy) is 1. The summed E-state index contributed by atoms with van der Waals surface area (Å²) in [5.41, 5.74) is 3.49. The van der Waals surface area contributed by atoms with E-state index in [0.717, 1.165) is 11.4 Å². The highest BCUT2D eigenvalue weighted by Crippen LogP contribution is 2.24. The molecule has 3 rings (SSSR count). The molecule has 0 saturated carbocycles. The van der Waals surface area contributed by atoms with Crippen LogP contribution in [0.2, 0.25) is 0 Å². The number of methoxy groups -OCH3 is 1. The van der Waals surface area contributed by atoms with Gasteiger partial charge in [-0.15, -0.1) is 5.10 Å². The van der Waals surface area contributed by atoms with Crippen LogP contribution in [-0.4, -0.2) is 28.3 Å². The Morgan fingerprint density at radius 3 is 2.14 bits per heavy atom. The fourth-order valence-electron chi connectivity index (χ4n) is 2.55. The number of aromatic nitrogens is 3. The second-order valence-electron chi connectivity index (χ2n) is 7.31. The van der Waals surface area contributed by atoms with Gasteiger partial charge in [-0.1, -0.05) is 32.9 Å². The van der Waals surface area contributed by atoms with Crippen LogP contribution in [0.5, 0.6) is 0 Å². The largest absolute Gasteiger partial charge is 0.465 e. The molecule has 0 radical (unpaired) electrons. The van der Waals surface area contributed by atoms with Crippen molar-refractivity contribution in [3.8, 4) is 0 Å². The van der Waals surface area contributed by atoms with Gasteiger partial charge in [-0.3, -0.25) is 0 Å². The number of carbonyl (C=O) groups excluding carboxylic acids is 1. The Hall–Kier alpha value is -3.48. The van der Waals surface area contributed by atoms with Crippen LogP contribution in [0.25, 0.3) is 0 Å². The summed E-state index contributed by atoms with van der Waals surface area (Å²) in [5, 5.41) is 14.3. The van der Waals surface area contributed by atoms with E-state index in [1.807, 2.05) is 12.1 Å². The number of nitrogens with one attached hydrogen (secondary N) is 2. The van der Waals surface area contributed by atoms with Gasteiger partial charge in [-0.05, 0) is 47.4 Å². The molecule has 0 unspecified atom stereocenters. The van der Waals surface area contributed by atoms with Crippen molar-refractivity contribution in [3.63, 3.8) is 0 Å². The van der Waals surface area contributed by atoms with Crippen LogP contribution in [-0.2, 0) is 10.2 Å². The van der Waals surface area contributed by atoms with Crippen LogP contribution in [0.4, 0.5) is 23.1 Å².